The Labute approximate surface area is 127 Å². The Balaban J connectivity index is 2.29. The standard InChI is InChI=1S/C17H15ClN2O/c1-2-12-13-5-3-4-6-16(13)20-17(12)14-9-11(18)7-8-15(14)19-10-21/h3-10,20H,2H2,1H3,(H,19,21). The Bertz CT molecular complexity index is 808. The van der Waals surface area contributed by atoms with Gasteiger partial charge in [0.1, 0.15) is 0 Å². The molecule has 21 heavy (non-hydrogen) atoms. The molecule has 1 aromatic heterocycles. The topological polar surface area (TPSA) is 44.9 Å². The summed E-state index contributed by atoms with van der Waals surface area (Å²) >= 11 is 6.13. The van der Waals surface area contributed by atoms with Crippen LogP contribution in [0.1, 0.15) is 12.5 Å². The first kappa shape index (κ1) is 13.7. The average Bonchev–Trinajstić information content (AvgIpc) is 2.87. The number of rotatable bonds is 4. The van der Waals surface area contributed by atoms with Gasteiger partial charge in [-0.15, -0.1) is 0 Å². The molecule has 3 aromatic rings. The summed E-state index contributed by atoms with van der Waals surface area (Å²) in [6.45, 7) is 2.12. The molecule has 4 heteroatoms. The van der Waals surface area contributed by atoms with Gasteiger partial charge in [-0.3, -0.25) is 4.79 Å². The SMILES string of the molecule is CCc1c(-c2cc(Cl)ccc2NC=O)[nH]c2ccccc12. The Hall–Kier alpha value is -2.26. The molecule has 3 rings (SSSR count). The van der Waals surface area contributed by atoms with E-state index in [0.717, 1.165) is 28.9 Å². The number of amides is 1. The van der Waals surface area contributed by atoms with Crippen LogP contribution in [0.15, 0.2) is 42.5 Å². The first-order valence-electron chi connectivity index (χ1n) is 6.84. The number of hydrogen-bond donors (Lipinski definition) is 2. The molecular weight excluding hydrogens is 284 g/mol. The Kier molecular flexibility index (Phi) is 3.67. The molecule has 0 unspecified atom stereocenters. The minimum atomic E-state index is 0.641. The van der Waals surface area contributed by atoms with Gasteiger partial charge >= 0.3 is 0 Å². The third-order valence-corrected chi connectivity index (χ3v) is 3.87. The van der Waals surface area contributed by atoms with Crippen molar-refractivity contribution < 1.29 is 4.79 Å². The molecule has 106 valence electrons. The lowest BCUT2D eigenvalue weighted by molar-refractivity contribution is -0.105. The number of H-pyrrole nitrogens is 1. The number of anilines is 1. The zero-order chi connectivity index (χ0) is 14.8. The van der Waals surface area contributed by atoms with Crippen LogP contribution in [-0.2, 0) is 11.2 Å². The Morgan fingerprint density at radius 1 is 1.24 bits per heavy atom. The zero-order valence-corrected chi connectivity index (χ0v) is 12.4. The number of carbonyl (C=O) groups excluding carboxylic acids is 1. The van der Waals surface area contributed by atoms with Crippen LogP contribution in [0.25, 0.3) is 22.2 Å². The minimum absolute atomic E-state index is 0.641. The van der Waals surface area contributed by atoms with Crippen molar-refractivity contribution in [3.05, 3.63) is 53.1 Å². The molecule has 0 aliphatic rings. The molecule has 0 aliphatic carbocycles. The van der Waals surface area contributed by atoms with Gasteiger partial charge in [-0.25, -0.2) is 0 Å². The number of aromatic amines is 1. The fraction of sp³-hybridized carbons (Fsp3) is 0.118. The molecule has 1 heterocycles. The van der Waals surface area contributed by atoms with Crippen molar-refractivity contribution in [1.82, 2.24) is 4.98 Å². The Morgan fingerprint density at radius 2 is 2.05 bits per heavy atom. The number of halogens is 1. The first-order chi connectivity index (χ1) is 10.2. The highest BCUT2D eigenvalue weighted by Gasteiger charge is 2.14. The summed E-state index contributed by atoms with van der Waals surface area (Å²) < 4.78 is 0. The van der Waals surface area contributed by atoms with Gasteiger partial charge in [-0.1, -0.05) is 36.7 Å². The molecule has 0 radical (unpaired) electrons. The second-order valence-corrected chi connectivity index (χ2v) is 5.27. The minimum Gasteiger partial charge on any atom is -0.354 e. The number of para-hydroxylation sites is 1. The molecule has 0 saturated heterocycles. The highest BCUT2D eigenvalue weighted by Crippen LogP contribution is 2.36. The van der Waals surface area contributed by atoms with Crippen LogP contribution in [-0.4, -0.2) is 11.4 Å². The highest BCUT2D eigenvalue weighted by molar-refractivity contribution is 6.31. The van der Waals surface area contributed by atoms with Gasteiger partial charge in [0.05, 0.1) is 5.69 Å². The van der Waals surface area contributed by atoms with Crippen LogP contribution in [0.2, 0.25) is 5.02 Å². The van der Waals surface area contributed by atoms with Crippen molar-refractivity contribution in [2.45, 2.75) is 13.3 Å². The summed E-state index contributed by atoms with van der Waals surface area (Å²) in [5.74, 6) is 0. The van der Waals surface area contributed by atoms with E-state index >= 15 is 0 Å². The van der Waals surface area contributed by atoms with Crippen molar-refractivity contribution >= 4 is 34.6 Å². The molecule has 0 atom stereocenters. The molecule has 0 bridgehead atoms. The third-order valence-electron chi connectivity index (χ3n) is 3.63. The van der Waals surface area contributed by atoms with Crippen molar-refractivity contribution in [2.75, 3.05) is 5.32 Å². The summed E-state index contributed by atoms with van der Waals surface area (Å²) in [6.07, 6.45) is 1.58. The van der Waals surface area contributed by atoms with Crippen molar-refractivity contribution in [1.29, 1.82) is 0 Å². The summed E-state index contributed by atoms with van der Waals surface area (Å²) in [5, 5.41) is 4.58. The predicted octanol–water partition coefficient (Wildman–Crippen LogP) is 4.62. The van der Waals surface area contributed by atoms with E-state index < -0.39 is 0 Å². The first-order valence-corrected chi connectivity index (χ1v) is 7.22. The van der Waals surface area contributed by atoms with Gasteiger partial charge in [-0.05, 0) is 36.2 Å². The summed E-state index contributed by atoms with van der Waals surface area (Å²) in [6, 6.07) is 13.6. The van der Waals surface area contributed by atoms with Gasteiger partial charge in [-0.2, -0.15) is 0 Å². The van der Waals surface area contributed by atoms with E-state index in [0.29, 0.717) is 11.4 Å². The van der Waals surface area contributed by atoms with Gasteiger partial charge in [0.2, 0.25) is 6.41 Å². The highest BCUT2D eigenvalue weighted by atomic mass is 35.5. The van der Waals surface area contributed by atoms with Crippen LogP contribution < -0.4 is 5.32 Å². The maximum atomic E-state index is 10.8. The maximum Gasteiger partial charge on any atom is 0.211 e. The van der Waals surface area contributed by atoms with Crippen LogP contribution in [0.5, 0.6) is 0 Å². The third kappa shape index (κ3) is 2.41. The molecule has 0 saturated carbocycles. The van der Waals surface area contributed by atoms with Crippen LogP contribution in [0.4, 0.5) is 5.69 Å². The predicted molar refractivity (Wildman–Crippen MR) is 87.8 cm³/mol. The molecule has 1 amide bonds. The second-order valence-electron chi connectivity index (χ2n) is 4.83. The average molecular weight is 299 g/mol. The molecular formula is C17H15ClN2O. The summed E-state index contributed by atoms with van der Waals surface area (Å²) in [7, 11) is 0. The number of carbonyl (C=O) groups is 1. The maximum absolute atomic E-state index is 10.8. The molecule has 0 spiro atoms. The number of aryl methyl sites for hydroxylation is 1. The molecule has 0 fully saturated rings. The Morgan fingerprint density at radius 3 is 2.81 bits per heavy atom. The fourth-order valence-electron chi connectivity index (χ4n) is 2.71. The smallest absolute Gasteiger partial charge is 0.211 e. The van der Waals surface area contributed by atoms with E-state index in [1.807, 2.05) is 24.3 Å². The van der Waals surface area contributed by atoms with Crippen LogP contribution in [0, 0.1) is 0 Å². The lowest BCUT2D eigenvalue weighted by atomic mass is 10.0. The largest absolute Gasteiger partial charge is 0.354 e. The molecule has 2 aromatic carbocycles. The van der Waals surface area contributed by atoms with Gasteiger partial charge < -0.3 is 10.3 Å². The van der Waals surface area contributed by atoms with E-state index in [1.165, 1.54) is 10.9 Å². The van der Waals surface area contributed by atoms with E-state index in [2.05, 4.69) is 29.4 Å². The second kappa shape index (κ2) is 5.62. The molecule has 0 aliphatic heterocycles. The van der Waals surface area contributed by atoms with Gasteiger partial charge in [0.25, 0.3) is 0 Å². The molecule has 2 N–H and O–H groups in total. The van der Waals surface area contributed by atoms with E-state index in [9.17, 15) is 4.79 Å². The van der Waals surface area contributed by atoms with Crippen molar-refractivity contribution in [3.63, 3.8) is 0 Å². The number of hydrogen-bond acceptors (Lipinski definition) is 1. The van der Waals surface area contributed by atoms with Crippen LogP contribution >= 0.6 is 11.6 Å². The zero-order valence-electron chi connectivity index (χ0n) is 11.6. The fourth-order valence-corrected chi connectivity index (χ4v) is 2.88. The van der Waals surface area contributed by atoms with Crippen LogP contribution in [0.3, 0.4) is 0 Å². The van der Waals surface area contributed by atoms with Crippen molar-refractivity contribution in [3.8, 4) is 11.3 Å². The summed E-state index contributed by atoms with van der Waals surface area (Å²) in [5.41, 5.74) is 4.96. The quantitative estimate of drug-likeness (QED) is 0.678. The van der Waals surface area contributed by atoms with E-state index in [-0.39, 0.29) is 0 Å². The number of aromatic nitrogens is 1. The van der Waals surface area contributed by atoms with E-state index in [1.54, 1.807) is 6.07 Å². The van der Waals surface area contributed by atoms with Gasteiger partial charge in [0.15, 0.2) is 0 Å². The lowest BCUT2D eigenvalue weighted by Gasteiger charge is -2.09. The molecule has 3 nitrogen and oxygen atoms in total. The number of benzene rings is 2. The monoisotopic (exact) mass is 298 g/mol. The summed E-state index contributed by atoms with van der Waals surface area (Å²) in [4.78, 5) is 14.3. The van der Waals surface area contributed by atoms with Gasteiger partial charge in [0, 0.05) is 27.2 Å². The number of fused-ring (bicyclic) bond motifs is 1. The normalized spacial score (nSPS) is 10.8. The number of nitrogens with one attached hydrogen (secondary N) is 2. The van der Waals surface area contributed by atoms with Crippen molar-refractivity contribution in [2.24, 2.45) is 0 Å². The lowest BCUT2D eigenvalue weighted by Crippen LogP contribution is -1.97. The van der Waals surface area contributed by atoms with E-state index in [4.69, 9.17) is 11.6 Å².